The van der Waals surface area contributed by atoms with Gasteiger partial charge in [-0.25, -0.2) is 18.0 Å². The molecule has 8 N–H and O–H groups in total. The van der Waals surface area contributed by atoms with Crippen LogP contribution >= 0.6 is 0 Å². The number of rotatable bonds is 18. The Hall–Kier alpha value is -5.47. The molecule has 0 fully saturated rings. The molecule has 294 valence electrons. The van der Waals surface area contributed by atoms with Crippen molar-refractivity contribution < 1.29 is 55.6 Å². The van der Waals surface area contributed by atoms with E-state index in [1.807, 2.05) is 0 Å². The average molecular weight is 800 g/mol. The van der Waals surface area contributed by atoms with Crippen LogP contribution in [0.2, 0.25) is 0 Å². The first-order valence-corrected chi connectivity index (χ1v) is 20.1. The van der Waals surface area contributed by atoms with Gasteiger partial charge in [-0.1, -0.05) is 31.0 Å². The van der Waals surface area contributed by atoms with Crippen molar-refractivity contribution in [2.24, 2.45) is 0 Å². The number of hydrogen-bond acceptors (Lipinski definition) is 13. The first-order chi connectivity index (χ1) is 26.1. The van der Waals surface area contributed by atoms with Crippen LogP contribution in [0.5, 0.6) is 11.8 Å². The number of nitrogens with zero attached hydrogens (tertiary/aromatic N) is 2. The Balaban J connectivity index is 1.59. The molecule has 3 aromatic rings. The summed E-state index contributed by atoms with van der Waals surface area (Å²) in [6.45, 7) is 0.720. The molecular formula is C36H41N5O12S2. The zero-order chi connectivity index (χ0) is 40.1. The predicted molar refractivity (Wildman–Crippen MR) is 200 cm³/mol. The topological polar surface area (TPSA) is 276 Å². The van der Waals surface area contributed by atoms with Gasteiger partial charge in [0.25, 0.3) is 10.1 Å². The van der Waals surface area contributed by atoms with Gasteiger partial charge in [0.15, 0.2) is 16.2 Å². The molecule has 2 aliphatic rings. The molecule has 19 heteroatoms. The fourth-order valence-electron chi connectivity index (χ4n) is 6.31. The summed E-state index contributed by atoms with van der Waals surface area (Å²) in [7, 11) is -7.92. The molecule has 0 atom stereocenters. The summed E-state index contributed by atoms with van der Waals surface area (Å²) in [5.74, 6) is -3.59. The summed E-state index contributed by atoms with van der Waals surface area (Å²) in [5.41, 5.74) is 5.65. The number of hydrogen-bond donors (Lipinski definition) is 7. The molecule has 0 amide bonds. The van der Waals surface area contributed by atoms with Crippen LogP contribution in [0.4, 0.5) is 5.69 Å². The number of aromatic hydroxyl groups is 2. The van der Waals surface area contributed by atoms with Gasteiger partial charge in [0, 0.05) is 48.2 Å². The highest BCUT2D eigenvalue weighted by Crippen LogP contribution is 2.46. The lowest BCUT2D eigenvalue weighted by atomic mass is 9.90. The van der Waals surface area contributed by atoms with Crippen molar-refractivity contribution in [2.45, 2.75) is 54.7 Å². The fourth-order valence-corrected chi connectivity index (χ4v) is 8.79. The minimum absolute atomic E-state index is 0.0138. The van der Waals surface area contributed by atoms with E-state index in [1.165, 1.54) is 40.7 Å². The number of anilines is 1. The Bertz CT molecular complexity index is 2460. The highest BCUT2D eigenvalue weighted by Gasteiger charge is 2.34. The summed E-state index contributed by atoms with van der Waals surface area (Å²) in [4.78, 5) is 28.2. The number of benzene rings is 3. The molecule has 0 saturated heterocycles. The zero-order valence-electron chi connectivity index (χ0n) is 29.7. The van der Waals surface area contributed by atoms with E-state index < -0.39 is 70.3 Å². The van der Waals surface area contributed by atoms with Gasteiger partial charge in [-0.3, -0.25) is 9.96 Å². The third-order valence-corrected chi connectivity index (χ3v) is 11.8. The van der Waals surface area contributed by atoms with E-state index in [1.54, 1.807) is 13.1 Å². The van der Waals surface area contributed by atoms with Crippen LogP contribution in [0, 0.1) is 5.41 Å². The summed E-state index contributed by atoms with van der Waals surface area (Å²) in [6, 6.07) is 13.3. The van der Waals surface area contributed by atoms with Crippen molar-refractivity contribution in [3.63, 3.8) is 0 Å². The van der Waals surface area contributed by atoms with Crippen molar-refractivity contribution in [2.75, 3.05) is 32.4 Å². The lowest BCUT2D eigenvalue weighted by Gasteiger charge is -2.25. The molecule has 55 heavy (non-hydrogen) atoms. The standard InChI is InChI=1S/C36H41N5O12S2/c1-39-19-7-3-9-21-40(20-8-2-4-12-30(44)53-41-28(42)17-18-29(41)43)54(47,48)34-26(37)15-13-24-31(22-10-5-6-11-23(22)36(45)46)25-14-16-27(38)35(55(49,50)51)33(25)52-32(24)34/h5-6,10-11,13-18,38-39,42-43H,2-4,7-9,12,19-21,37H2,1H3,(H,45,46)(H,49,50,51). The monoisotopic (exact) mass is 799 g/mol. The summed E-state index contributed by atoms with van der Waals surface area (Å²) < 4.78 is 73.0. The molecule has 0 unspecified atom stereocenters. The van der Waals surface area contributed by atoms with Crippen molar-refractivity contribution in [3.05, 3.63) is 71.6 Å². The molecule has 5 rings (SSSR count). The number of nitrogens with one attached hydrogen (secondary N) is 2. The maximum absolute atomic E-state index is 14.8. The number of sulfonamides is 1. The largest absolute Gasteiger partial charge is 0.492 e. The van der Waals surface area contributed by atoms with E-state index in [4.69, 9.17) is 20.4 Å². The van der Waals surface area contributed by atoms with Crippen LogP contribution in [0.3, 0.4) is 0 Å². The number of carboxylic acid groups (broad SMARTS) is 1. The van der Waals surface area contributed by atoms with Gasteiger partial charge < -0.3 is 35.6 Å². The second-order valence-corrected chi connectivity index (χ2v) is 15.9. The van der Waals surface area contributed by atoms with Gasteiger partial charge in [0.2, 0.25) is 21.8 Å². The normalized spacial score (nSPS) is 12.1. The number of aromatic nitrogens is 1. The number of fused-ring (bicyclic) bond motifs is 2. The van der Waals surface area contributed by atoms with E-state index >= 15 is 0 Å². The SMILES string of the molecule is CNCCCCCN(CCCCCC(=O)On1c(O)ccc1O)S(=O)(=O)c1c(N)ccc2c(-c3ccccc3C(=O)O)c3ccc(=N)c(S(=O)(=O)O)c-3oc12. The third-order valence-electron chi connectivity index (χ3n) is 8.89. The maximum Gasteiger partial charge on any atom is 0.336 e. The minimum Gasteiger partial charge on any atom is -0.492 e. The highest BCUT2D eigenvalue weighted by molar-refractivity contribution is 7.89. The highest BCUT2D eigenvalue weighted by atomic mass is 32.2. The molecule has 1 aliphatic heterocycles. The molecule has 1 aromatic heterocycles. The second-order valence-electron chi connectivity index (χ2n) is 12.7. The van der Waals surface area contributed by atoms with Crippen molar-refractivity contribution in [1.29, 1.82) is 5.41 Å². The molecule has 0 bridgehead atoms. The van der Waals surface area contributed by atoms with Gasteiger partial charge >= 0.3 is 11.9 Å². The first kappa shape index (κ1) is 40.7. The lowest BCUT2D eigenvalue weighted by molar-refractivity contribution is -0.145. The van der Waals surface area contributed by atoms with Gasteiger partial charge in [-0.2, -0.15) is 12.7 Å². The Morgan fingerprint density at radius 3 is 2.16 bits per heavy atom. The molecule has 0 spiro atoms. The van der Waals surface area contributed by atoms with E-state index in [-0.39, 0.29) is 65.7 Å². The Morgan fingerprint density at radius 2 is 1.53 bits per heavy atom. The molecular weight excluding hydrogens is 759 g/mol. The van der Waals surface area contributed by atoms with E-state index in [0.29, 0.717) is 30.5 Å². The van der Waals surface area contributed by atoms with Crippen LogP contribution in [0.25, 0.3) is 33.4 Å². The number of carboxylic acids is 1. The number of aromatic carboxylic acids is 1. The molecule has 2 aromatic carbocycles. The van der Waals surface area contributed by atoms with E-state index in [0.717, 1.165) is 24.6 Å². The molecule has 17 nitrogen and oxygen atoms in total. The lowest BCUT2D eigenvalue weighted by Crippen LogP contribution is -2.34. The maximum atomic E-state index is 14.8. The van der Waals surface area contributed by atoms with Crippen LogP contribution in [0.1, 0.15) is 55.3 Å². The zero-order valence-corrected chi connectivity index (χ0v) is 31.3. The van der Waals surface area contributed by atoms with Gasteiger partial charge in [0.05, 0.1) is 16.6 Å². The van der Waals surface area contributed by atoms with E-state index in [2.05, 4.69) is 5.32 Å². The van der Waals surface area contributed by atoms with Crippen LogP contribution in [0.15, 0.2) is 74.9 Å². The molecule has 0 radical (unpaired) electrons. The van der Waals surface area contributed by atoms with Gasteiger partial charge in [0.1, 0.15) is 4.90 Å². The van der Waals surface area contributed by atoms with Crippen LogP contribution < -0.4 is 21.2 Å². The number of nitrogens with two attached hydrogens (primary N) is 1. The Kier molecular flexibility index (Phi) is 12.5. The van der Waals surface area contributed by atoms with Crippen molar-refractivity contribution >= 4 is 48.7 Å². The minimum atomic E-state index is -5.14. The molecule has 1 aliphatic carbocycles. The predicted octanol–water partition coefficient (Wildman–Crippen LogP) is 4.02. The summed E-state index contributed by atoms with van der Waals surface area (Å²) in [6.07, 6.45) is 2.69. The first-order valence-electron chi connectivity index (χ1n) is 17.2. The molecule has 2 heterocycles. The Morgan fingerprint density at radius 1 is 0.873 bits per heavy atom. The number of unbranched alkanes of at least 4 members (excludes halogenated alkanes) is 4. The van der Waals surface area contributed by atoms with Crippen LogP contribution in [-0.2, 0) is 24.9 Å². The number of nitrogen functional groups attached to an aromatic ring is 1. The average Bonchev–Trinajstić information content (AvgIpc) is 3.43. The van der Waals surface area contributed by atoms with E-state index in [9.17, 15) is 46.3 Å². The summed E-state index contributed by atoms with van der Waals surface area (Å²) in [5, 5.41) is 40.3. The molecule has 0 saturated carbocycles. The van der Waals surface area contributed by atoms with Crippen molar-refractivity contribution in [1.82, 2.24) is 14.4 Å². The second kappa shape index (κ2) is 16.9. The number of carbonyl (C=O) groups excluding carboxylic acids is 1. The fraction of sp³-hybridized carbons (Fsp3) is 0.306. The van der Waals surface area contributed by atoms with Gasteiger partial charge in [-0.05, 0) is 75.2 Å². The Labute approximate surface area is 316 Å². The van der Waals surface area contributed by atoms with Gasteiger partial charge in [-0.15, -0.1) is 4.73 Å². The quantitative estimate of drug-likeness (QED) is 0.0286. The third kappa shape index (κ3) is 8.76. The smallest absolute Gasteiger partial charge is 0.336 e. The van der Waals surface area contributed by atoms with Crippen LogP contribution in [-0.4, -0.2) is 84.4 Å². The van der Waals surface area contributed by atoms with Crippen molar-refractivity contribution in [3.8, 4) is 34.2 Å². The number of carbonyl (C=O) groups is 2. The summed E-state index contributed by atoms with van der Waals surface area (Å²) >= 11 is 0.